The molecule has 2 aliphatic carbocycles. The Hall–Kier alpha value is -1.43. The largest absolute Gasteiger partial charge is 0.353 e. The molecule has 6 heteroatoms. The van der Waals surface area contributed by atoms with Crippen LogP contribution in [0.3, 0.4) is 0 Å². The number of nitrogens with one attached hydrogen (secondary N) is 2. The van der Waals surface area contributed by atoms with Gasteiger partial charge in [-0.3, -0.25) is 4.79 Å². The van der Waals surface area contributed by atoms with E-state index in [2.05, 4.69) is 27.8 Å². The van der Waals surface area contributed by atoms with Crippen LogP contribution in [0, 0.1) is 11.8 Å². The molecule has 1 heterocycles. The molecule has 0 aliphatic heterocycles. The monoisotopic (exact) mass is 319 g/mol. The molecule has 1 aromatic heterocycles. The van der Waals surface area contributed by atoms with E-state index in [1.165, 1.54) is 12.8 Å². The van der Waals surface area contributed by atoms with E-state index in [4.69, 9.17) is 0 Å². The van der Waals surface area contributed by atoms with Gasteiger partial charge in [-0.15, -0.1) is 10.2 Å². The first-order valence-electron chi connectivity index (χ1n) is 8.97. The van der Waals surface area contributed by atoms with Crippen molar-refractivity contribution in [3.8, 4) is 0 Å². The first-order valence-corrected chi connectivity index (χ1v) is 8.97. The first-order chi connectivity index (χ1) is 11.1. The molecule has 1 aromatic rings. The number of nitrogens with zero attached hydrogens (tertiary/aromatic N) is 3. The number of hydrogen-bond donors (Lipinski definition) is 2. The van der Waals surface area contributed by atoms with Gasteiger partial charge in [-0.25, -0.2) is 0 Å². The van der Waals surface area contributed by atoms with Crippen LogP contribution in [0.25, 0.3) is 0 Å². The zero-order valence-electron chi connectivity index (χ0n) is 14.3. The van der Waals surface area contributed by atoms with Gasteiger partial charge in [0.2, 0.25) is 5.91 Å². The predicted octanol–water partition coefficient (Wildman–Crippen LogP) is 1.77. The van der Waals surface area contributed by atoms with Crippen molar-refractivity contribution in [1.82, 2.24) is 25.4 Å². The zero-order valence-corrected chi connectivity index (χ0v) is 14.3. The van der Waals surface area contributed by atoms with Gasteiger partial charge in [0.05, 0.1) is 6.54 Å². The average Bonchev–Trinajstić information content (AvgIpc) is 2.90. The topological polar surface area (TPSA) is 71.8 Å². The van der Waals surface area contributed by atoms with Crippen molar-refractivity contribution in [1.29, 1.82) is 0 Å². The Labute approximate surface area is 138 Å². The predicted molar refractivity (Wildman–Crippen MR) is 88.5 cm³/mol. The van der Waals surface area contributed by atoms with E-state index in [-0.39, 0.29) is 5.91 Å². The van der Waals surface area contributed by atoms with Gasteiger partial charge in [-0.2, -0.15) is 0 Å². The second-order valence-electron chi connectivity index (χ2n) is 7.44. The molecule has 0 bridgehead atoms. The maximum absolute atomic E-state index is 12.3. The van der Waals surface area contributed by atoms with Crippen LogP contribution < -0.4 is 10.6 Å². The van der Waals surface area contributed by atoms with Crippen LogP contribution in [0.2, 0.25) is 0 Å². The lowest BCUT2D eigenvalue weighted by Gasteiger charge is -2.35. The molecule has 2 N–H and O–H groups in total. The van der Waals surface area contributed by atoms with Gasteiger partial charge < -0.3 is 15.2 Å². The Kier molecular flexibility index (Phi) is 5.30. The molecule has 2 saturated carbocycles. The van der Waals surface area contributed by atoms with Crippen molar-refractivity contribution in [2.75, 3.05) is 0 Å². The van der Waals surface area contributed by atoms with E-state index in [1.54, 1.807) is 6.33 Å². The maximum Gasteiger partial charge on any atom is 0.220 e. The summed E-state index contributed by atoms with van der Waals surface area (Å²) >= 11 is 0. The van der Waals surface area contributed by atoms with Crippen molar-refractivity contribution in [2.24, 2.45) is 18.9 Å². The molecule has 0 spiro atoms. The van der Waals surface area contributed by atoms with Crippen molar-refractivity contribution in [3.05, 3.63) is 12.2 Å². The summed E-state index contributed by atoms with van der Waals surface area (Å²) in [4.78, 5) is 12.3. The first kappa shape index (κ1) is 16.4. The minimum atomic E-state index is 0.235. The molecule has 6 nitrogen and oxygen atoms in total. The molecule has 0 unspecified atom stereocenters. The minimum Gasteiger partial charge on any atom is -0.353 e. The summed E-state index contributed by atoms with van der Waals surface area (Å²) in [5.74, 6) is 2.40. The normalized spacial score (nSPS) is 30.7. The molecule has 2 atom stereocenters. The SMILES string of the molecule is CC1CC(NC(=O)C[C@@H]2CCCC[C@@H]2NCc2nncn2C)C1. The summed E-state index contributed by atoms with van der Waals surface area (Å²) < 4.78 is 1.94. The maximum atomic E-state index is 12.3. The van der Waals surface area contributed by atoms with Crippen LogP contribution in [-0.4, -0.2) is 32.8 Å². The minimum absolute atomic E-state index is 0.235. The van der Waals surface area contributed by atoms with E-state index in [0.29, 0.717) is 24.4 Å². The van der Waals surface area contributed by atoms with Crippen LogP contribution in [0.1, 0.15) is 57.7 Å². The van der Waals surface area contributed by atoms with Crippen molar-refractivity contribution < 1.29 is 4.79 Å². The fourth-order valence-corrected chi connectivity index (χ4v) is 3.96. The summed E-state index contributed by atoms with van der Waals surface area (Å²) in [5.41, 5.74) is 0. The molecule has 2 fully saturated rings. The number of carbonyl (C=O) groups is 1. The van der Waals surface area contributed by atoms with E-state index in [1.807, 2.05) is 11.6 Å². The number of rotatable bonds is 6. The van der Waals surface area contributed by atoms with E-state index >= 15 is 0 Å². The van der Waals surface area contributed by atoms with Gasteiger partial charge in [0.1, 0.15) is 12.2 Å². The third-order valence-electron chi connectivity index (χ3n) is 5.42. The molecular formula is C17H29N5O. The number of aromatic nitrogens is 3. The third kappa shape index (κ3) is 4.31. The van der Waals surface area contributed by atoms with Crippen LogP contribution in [-0.2, 0) is 18.4 Å². The average molecular weight is 319 g/mol. The lowest BCUT2D eigenvalue weighted by molar-refractivity contribution is -0.124. The number of aryl methyl sites for hydroxylation is 1. The quantitative estimate of drug-likeness (QED) is 0.838. The highest BCUT2D eigenvalue weighted by Gasteiger charge is 2.30. The summed E-state index contributed by atoms with van der Waals surface area (Å²) in [7, 11) is 1.96. The standard InChI is InChI=1S/C17H29N5O/c1-12-7-14(8-12)20-17(23)9-13-5-3-4-6-15(13)18-10-16-21-19-11-22(16)2/h11-15,18H,3-10H2,1-2H3,(H,20,23)/t12?,13-,14?,15-/m0/s1. The van der Waals surface area contributed by atoms with Crippen molar-refractivity contribution in [3.63, 3.8) is 0 Å². The van der Waals surface area contributed by atoms with E-state index in [9.17, 15) is 4.79 Å². The Morgan fingerprint density at radius 1 is 1.35 bits per heavy atom. The summed E-state index contributed by atoms with van der Waals surface area (Å²) in [6.45, 7) is 2.97. The number of amides is 1. The lowest BCUT2D eigenvalue weighted by atomic mass is 9.80. The number of carbonyl (C=O) groups excluding carboxylic acids is 1. The summed E-state index contributed by atoms with van der Waals surface area (Å²) in [6.07, 6.45) is 9.44. The van der Waals surface area contributed by atoms with Crippen LogP contribution in [0.5, 0.6) is 0 Å². The molecule has 0 radical (unpaired) electrons. The molecular weight excluding hydrogens is 290 g/mol. The van der Waals surface area contributed by atoms with Crippen LogP contribution in [0.4, 0.5) is 0 Å². The van der Waals surface area contributed by atoms with Crippen molar-refractivity contribution >= 4 is 5.91 Å². The second-order valence-corrected chi connectivity index (χ2v) is 7.44. The van der Waals surface area contributed by atoms with Crippen LogP contribution in [0.15, 0.2) is 6.33 Å². The highest BCUT2D eigenvalue weighted by atomic mass is 16.1. The summed E-state index contributed by atoms with van der Waals surface area (Å²) in [6, 6.07) is 0.831. The zero-order chi connectivity index (χ0) is 16.2. The molecule has 128 valence electrons. The van der Waals surface area contributed by atoms with Gasteiger partial charge in [0.15, 0.2) is 0 Å². The molecule has 2 aliphatic rings. The molecule has 0 saturated heterocycles. The highest BCUT2D eigenvalue weighted by molar-refractivity contribution is 5.76. The second kappa shape index (κ2) is 7.43. The van der Waals surface area contributed by atoms with Gasteiger partial charge in [-0.05, 0) is 37.5 Å². The number of hydrogen-bond acceptors (Lipinski definition) is 4. The molecule has 3 rings (SSSR count). The Morgan fingerprint density at radius 2 is 2.13 bits per heavy atom. The van der Waals surface area contributed by atoms with Gasteiger partial charge >= 0.3 is 0 Å². The molecule has 0 aromatic carbocycles. The Bertz CT molecular complexity index is 523. The Morgan fingerprint density at radius 3 is 2.83 bits per heavy atom. The lowest BCUT2D eigenvalue weighted by Crippen LogP contribution is -2.46. The fraction of sp³-hybridized carbons (Fsp3) is 0.824. The van der Waals surface area contributed by atoms with E-state index in [0.717, 1.165) is 44.0 Å². The molecule has 1 amide bonds. The van der Waals surface area contributed by atoms with E-state index < -0.39 is 0 Å². The van der Waals surface area contributed by atoms with Crippen LogP contribution >= 0.6 is 0 Å². The fourth-order valence-electron chi connectivity index (χ4n) is 3.96. The van der Waals surface area contributed by atoms with Gasteiger partial charge in [-0.1, -0.05) is 19.8 Å². The molecule has 23 heavy (non-hydrogen) atoms. The highest BCUT2D eigenvalue weighted by Crippen LogP contribution is 2.29. The third-order valence-corrected chi connectivity index (χ3v) is 5.42. The van der Waals surface area contributed by atoms with Gasteiger partial charge in [0.25, 0.3) is 0 Å². The smallest absolute Gasteiger partial charge is 0.220 e. The van der Waals surface area contributed by atoms with Gasteiger partial charge in [0, 0.05) is 25.6 Å². The van der Waals surface area contributed by atoms with Crippen molar-refractivity contribution in [2.45, 2.75) is 70.5 Å². The Balaban J connectivity index is 1.47. The summed E-state index contributed by atoms with van der Waals surface area (Å²) in [5, 5.41) is 14.8.